The Bertz CT molecular complexity index is 1150. The molecule has 2 aromatic carbocycles. The van der Waals surface area contributed by atoms with Crippen molar-refractivity contribution in [3.8, 4) is 11.3 Å². The van der Waals surface area contributed by atoms with Crippen LogP contribution in [0, 0.1) is 0 Å². The number of carbonyl (C=O) groups is 3. The Morgan fingerprint density at radius 1 is 1.19 bits per heavy atom. The number of carbonyl (C=O) groups excluding carboxylic acids is 2. The lowest BCUT2D eigenvalue weighted by Gasteiger charge is -2.09. The molecule has 4 N–H and O–H groups in total. The van der Waals surface area contributed by atoms with Crippen molar-refractivity contribution in [1.82, 2.24) is 9.99 Å². The molecule has 134 valence electrons. The number of aliphatic carboxylic acids is 1. The van der Waals surface area contributed by atoms with Crippen molar-refractivity contribution >= 4 is 35.0 Å². The Morgan fingerprint density at radius 2 is 1.93 bits per heavy atom. The summed E-state index contributed by atoms with van der Waals surface area (Å²) in [5, 5.41) is 13.6. The number of primary amides is 1. The summed E-state index contributed by atoms with van der Waals surface area (Å²) in [5.41, 5.74) is 10.8. The largest absolute Gasteiger partial charge is 0.481 e. The van der Waals surface area contributed by atoms with Crippen LogP contribution < -0.4 is 11.2 Å². The van der Waals surface area contributed by atoms with Crippen LogP contribution >= 0.6 is 0 Å². The zero-order valence-electron chi connectivity index (χ0n) is 14.0. The van der Waals surface area contributed by atoms with Gasteiger partial charge in [0.1, 0.15) is 0 Å². The fraction of sp³-hybridized carbons (Fsp3) is 0.0526. The van der Waals surface area contributed by atoms with Crippen molar-refractivity contribution in [3.63, 3.8) is 0 Å². The maximum atomic E-state index is 12.5. The smallest absolute Gasteiger partial charge is 0.323 e. The molecule has 0 radical (unpaired) electrons. The first-order valence-corrected chi connectivity index (χ1v) is 8.09. The lowest BCUT2D eigenvalue weighted by molar-refractivity contribution is -0.136. The van der Waals surface area contributed by atoms with E-state index in [4.69, 9.17) is 10.8 Å². The number of nitrogens with one attached hydrogen (secondary N) is 1. The number of rotatable bonds is 3. The molecule has 3 aromatic rings. The second-order valence-corrected chi connectivity index (χ2v) is 6.11. The van der Waals surface area contributed by atoms with E-state index in [2.05, 4.69) is 10.5 Å². The summed E-state index contributed by atoms with van der Waals surface area (Å²) in [6.45, 7) is 0. The minimum atomic E-state index is -1.05. The van der Waals surface area contributed by atoms with E-state index >= 15 is 0 Å². The zero-order valence-corrected chi connectivity index (χ0v) is 14.0. The quantitative estimate of drug-likeness (QED) is 0.658. The lowest BCUT2D eigenvalue weighted by atomic mass is 9.99. The summed E-state index contributed by atoms with van der Waals surface area (Å²) in [7, 11) is 0. The van der Waals surface area contributed by atoms with E-state index in [-0.39, 0.29) is 12.0 Å². The van der Waals surface area contributed by atoms with Crippen molar-refractivity contribution < 1.29 is 19.5 Å². The van der Waals surface area contributed by atoms with Gasteiger partial charge in [-0.15, -0.1) is 0 Å². The third-order valence-corrected chi connectivity index (χ3v) is 4.39. The molecule has 0 fully saturated rings. The van der Waals surface area contributed by atoms with Gasteiger partial charge in [-0.3, -0.25) is 14.2 Å². The standard InChI is InChI=1S/C19H14N4O4/c20-19(27)23-14-7-10(8-15(24)25)6-12-16(14)13(9-21-22-18(12)26)17(23)11-4-2-1-3-5-11/h1-7,9H,8H2,(H2,20,27)(H,22,26)(H,24,25). The molecule has 1 aliphatic heterocycles. The molecule has 8 heteroatoms. The molecular weight excluding hydrogens is 348 g/mol. The predicted octanol–water partition coefficient (Wildman–Crippen LogP) is 1.94. The van der Waals surface area contributed by atoms with Crippen LogP contribution in [0.1, 0.15) is 21.5 Å². The van der Waals surface area contributed by atoms with Gasteiger partial charge in [-0.1, -0.05) is 30.3 Å². The fourth-order valence-corrected chi connectivity index (χ4v) is 3.41. The second-order valence-electron chi connectivity index (χ2n) is 6.11. The summed E-state index contributed by atoms with van der Waals surface area (Å²) in [6.07, 6.45) is 1.17. The Balaban J connectivity index is 2.17. The van der Waals surface area contributed by atoms with Gasteiger partial charge >= 0.3 is 12.0 Å². The molecule has 0 saturated heterocycles. The number of benzene rings is 2. The highest BCUT2D eigenvalue weighted by Crippen LogP contribution is 2.36. The summed E-state index contributed by atoms with van der Waals surface area (Å²) in [5.74, 6) is -1.53. The number of nitrogens with two attached hydrogens (primary N) is 1. The molecule has 0 spiro atoms. The van der Waals surface area contributed by atoms with E-state index in [9.17, 15) is 14.4 Å². The average molecular weight is 362 g/mol. The maximum Gasteiger partial charge on any atom is 0.323 e. The number of aromatic nitrogens is 1. The van der Waals surface area contributed by atoms with Gasteiger partial charge in [0.05, 0.1) is 29.4 Å². The molecule has 0 bridgehead atoms. The molecule has 2 heterocycles. The monoisotopic (exact) mass is 362 g/mol. The zero-order chi connectivity index (χ0) is 19.1. The minimum Gasteiger partial charge on any atom is -0.481 e. The normalized spacial score (nSPS) is 12.7. The molecule has 8 nitrogen and oxygen atoms in total. The second kappa shape index (κ2) is 6.10. The van der Waals surface area contributed by atoms with Gasteiger partial charge in [0.15, 0.2) is 0 Å². The Morgan fingerprint density at radius 3 is 2.59 bits per heavy atom. The molecule has 0 aliphatic carbocycles. The van der Waals surface area contributed by atoms with Crippen molar-refractivity contribution in [2.24, 2.45) is 10.8 Å². The van der Waals surface area contributed by atoms with Crippen molar-refractivity contribution in [2.75, 3.05) is 0 Å². The van der Waals surface area contributed by atoms with Crippen LogP contribution in [0.5, 0.6) is 0 Å². The van der Waals surface area contributed by atoms with Gasteiger partial charge in [0.25, 0.3) is 5.91 Å². The average Bonchev–Trinajstić information content (AvgIpc) is 2.86. The first kappa shape index (κ1) is 16.5. The van der Waals surface area contributed by atoms with Gasteiger partial charge in [-0.05, 0) is 23.3 Å². The van der Waals surface area contributed by atoms with E-state index < -0.39 is 17.9 Å². The lowest BCUT2D eigenvalue weighted by Crippen LogP contribution is -2.21. The van der Waals surface area contributed by atoms with E-state index in [1.54, 1.807) is 6.07 Å². The van der Waals surface area contributed by atoms with Crippen LogP contribution in [0.3, 0.4) is 0 Å². The summed E-state index contributed by atoms with van der Waals surface area (Å²) < 4.78 is 1.29. The highest BCUT2D eigenvalue weighted by atomic mass is 16.4. The number of carboxylic acid groups (broad SMARTS) is 1. The van der Waals surface area contributed by atoms with Crippen molar-refractivity contribution in [2.45, 2.75) is 6.42 Å². The van der Waals surface area contributed by atoms with E-state index in [1.807, 2.05) is 30.3 Å². The summed E-state index contributed by atoms with van der Waals surface area (Å²) in [6, 6.07) is 11.4. The number of hydrogen-bond acceptors (Lipinski definition) is 4. The van der Waals surface area contributed by atoms with E-state index in [0.29, 0.717) is 33.3 Å². The van der Waals surface area contributed by atoms with E-state index in [0.717, 1.165) is 0 Å². The molecule has 2 amide bonds. The van der Waals surface area contributed by atoms with Gasteiger partial charge in [0, 0.05) is 10.9 Å². The maximum absolute atomic E-state index is 12.5. The van der Waals surface area contributed by atoms with Gasteiger partial charge in [0.2, 0.25) is 0 Å². The third kappa shape index (κ3) is 2.63. The summed E-state index contributed by atoms with van der Waals surface area (Å²) >= 11 is 0. The number of nitrogens with zero attached hydrogens (tertiary/aromatic N) is 2. The van der Waals surface area contributed by atoms with Crippen LogP contribution in [-0.2, 0) is 11.2 Å². The van der Waals surface area contributed by atoms with Crippen molar-refractivity contribution in [3.05, 3.63) is 59.2 Å². The number of hydrazone groups is 1. The summed E-state index contributed by atoms with van der Waals surface area (Å²) in [4.78, 5) is 35.9. The number of carboxylic acids is 1. The molecule has 0 atom stereocenters. The third-order valence-electron chi connectivity index (χ3n) is 4.39. The van der Waals surface area contributed by atoms with E-state index in [1.165, 1.54) is 16.8 Å². The molecule has 0 saturated carbocycles. The van der Waals surface area contributed by atoms with Gasteiger partial charge in [-0.2, -0.15) is 5.10 Å². The van der Waals surface area contributed by atoms with Crippen LogP contribution in [0.4, 0.5) is 4.79 Å². The molecular formula is C19H14N4O4. The van der Waals surface area contributed by atoms with Crippen LogP contribution in [0.25, 0.3) is 22.2 Å². The Labute approximate surface area is 152 Å². The van der Waals surface area contributed by atoms with Gasteiger partial charge in [-0.25, -0.2) is 10.2 Å². The Hall–Kier alpha value is -3.94. The minimum absolute atomic E-state index is 0.244. The first-order chi connectivity index (χ1) is 13.0. The molecule has 4 rings (SSSR count). The van der Waals surface area contributed by atoms with Gasteiger partial charge < -0.3 is 10.8 Å². The first-order valence-electron chi connectivity index (χ1n) is 8.09. The fourth-order valence-electron chi connectivity index (χ4n) is 3.41. The molecule has 0 unspecified atom stereocenters. The number of hydrogen-bond donors (Lipinski definition) is 3. The van der Waals surface area contributed by atoms with Crippen LogP contribution in [0.2, 0.25) is 0 Å². The predicted molar refractivity (Wildman–Crippen MR) is 98.8 cm³/mol. The number of amides is 2. The molecule has 27 heavy (non-hydrogen) atoms. The highest BCUT2D eigenvalue weighted by Gasteiger charge is 2.27. The highest BCUT2D eigenvalue weighted by molar-refractivity contribution is 6.19. The SMILES string of the molecule is NC(=O)n1c(-c2ccccc2)c2c3c(cc(CC(=O)O)cc31)C(=O)NN=C2. The van der Waals surface area contributed by atoms with Crippen LogP contribution in [-0.4, -0.2) is 33.8 Å². The topological polar surface area (TPSA) is 127 Å². The van der Waals surface area contributed by atoms with Crippen molar-refractivity contribution in [1.29, 1.82) is 0 Å². The molecule has 1 aliphatic rings. The molecule has 1 aromatic heterocycles. The van der Waals surface area contributed by atoms with Crippen LogP contribution in [0.15, 0.2) is 47.6 Å². The Kier molecular flexibility index (Phi) is 3.73.